The van der Waals surface area contributed by atoms with Gasteiger partial charge >= 0.3 is 0 Å². The van der Waals surface area contributed by atoms with Gasteiger partial charge in [-0.3, -0.25) is 9.78 Å². The number of hydrogen-bond donors (Lipinski definition) is 2. The number of nitrogens with zero attached hydrogens (tertiary/aromatic N) is 2. The van der Waals surface area contributed by atoms with Crippen molar-refractivity contribution in [2.24, 2.45) is 5.41 Å². The summed E-state index contributed by atoms with van der Waals surface area (Å²) in [5, 5.41) is 7.73. The Morgan fingerprint density at radius 1 is 1.10 bits per heavy atom. The standard InChI is InChI=1S/C30H28Cl2N4O3S/c1-30(2,3)28(37)34-20-12-11-17(16-24(20)38-4)36-27(26(35-29(36)40)21-10-5-6-15-33-21)23-14-13-22(39-23)18-8-7-9-19(31)25(18)32/h5-16,26-27H,1-4H3,(H,34,37)(H,35,40)/t26-,27-/m0/s1. The molecule has 1 aliphatic heterocycles. The molecule has 0 radical (unpaired) electrons. The zero-order valence-electron chi connectivity index (χ0n) is 22.4. The van der Waals surface area contributed by atoms with Crippen LogP contribution in [0.15, 0.2) is 77.3 Å². The molecular weight excluding hydrogens is 567 g/mol. The summed E-state index contributed by atoms with van der Waals surface area (Å²) in [6.45, 7) is 5.57. The molecular formula is C30H28Cl2N4O3S. The molecule has 1 aliphatic rings. The molecule has 206 valence electrons. The minimum Gasteiger partial charge on any atom is -0.494 e. The van der Waals surface area contributed by atoms with Crippen LogP contribution in [-0.2, 0) is 4.79 Å². The first-order valence-corrected chi connectivity index (χ1v) is 13.8. The number of anilines is 2. The number of aromatic nitrogens is 1. The highest BCUT2D eigenvalue weighted by Gasteiger charge is 2.43. The minimum atomic E-state index is -0.562. The summed E-state index contributed by atoms with van der Waals surface area (Å²) in [5.74, 6) is 1.62. The normalized spacial score (nSPS) is 17.1. The Hall–Kier alpha value is -3.59. The lowest BCUT2D eigenvalue weighted by Crippen LogP contribution is -2.30. The van der Waals surface area contributed by atoms with E-state index in [1.165, 1.54) is 0 Å². The maximum absolute atomic E-state index is 12.7. The summed E-state index contributed by atoms with van der Waals surface area (Å²) in [7, 11) is 1.56. The van der Waals surface area contributed by atoms with Crippen LogP contribution in [0, 0.1) is 5.41 Å². The van der Waals surface area contributed by atoms with Crippen LogP contribution in [-0.4, -0.2) is 23.1 Å². The Bertz CT molecular complexity index is 1570. The fraction of sp³-hybridized carbons (Fsp3) is 0.233. The molecule has 2 atom stereocenters. The molecule has 7 nitrogen and oxygen atoms in total. The summed E-state index contributed by atoms with van der Waals surface area (Å²) in [5.41, 5.74) is 2.25. The highest BCUT2D eigenvalue weighted by Crippen LogP contribution is 2.45. The number of benzene rings is 2. The van der Waals surface area contributed by atoms with Gasteiger partial charge in [0, 0.05) is 28.9 Å². The minimum absolute atomic E-state index is 0.118. The van der Waals surface area contributed by atoms with Gasteiger partial charge in [-0.25, -0.2) is 0 Å². The summed E-state index contributed by atoms with van der Waals surface area (Å²) < 4.78 is 12.1. The van der Waals surface area contributed by atoms with Crippen molar-refractivity contribution in [1.82, 2.24) is 10.3 Å². The maximum Gasteiger partial charge on any atom is 0.229 e. The molecule has 4 aromatic rings. The van der Waals surface area contributed by atoms with Gasteiger partial charge < -0.3 is 24.7 Å². The van der Waals surface area contributed by atoms with Crippen molar-refractivity contribution in [3.63, 3.8) is 0 Å². The Morgan fingerprint density at radius 3 is 2.60 bits per heavy atom. The Kier molecular flexibility index (Phi) is 7.77. The van der Waals surface area contributed by atoms with Crippen molar-refractivity contribution in [3.05, 3.63) is 94.4 Å². The second-order valence-electron chi connectivity index (χ2n) is 10.4. The highest BCUT2D eigenvalue weighted by atomic mass is 35.5. The van der Waals surface area contributed by atoms with Gasteiger partial charge in [0.05, 0.1) is 34.6 Å². The van der Waals surface area contributed by atoms with Crippen molar-refractivity contribution in [1.29, 1.82) is 0 Å². The average Bonchev–Trinajstić information content (AvgIpc) is 3.55. The SMILES string of the molecule is COc1cc(N2C(=S)N[C@@H](c3ccccn3)[C@@H]2c2ccc(-c3cccc(Cl)c3Cl)o2)ccc1NC(=O)C(C)(C)C. The third kappa shape index (κ3) is 5.39. The van der Waals surface area contributed by atoms with Crippen LogP contribution < -0.4 is 20.3 Å². The summed E-state index contributed by atoms with van der Waals surface area (Å²) >= 11 is 18.6. The fourth-order valence-electron chi connectivity index (χ4n) is 4.52. The van der Waals surface area contributed by atoms with Gasteiger partial charge in [0.1, 0.15) is 23.3 Å². The first-order valence-electron chi connectivity index (χ1n) is 12.6. The molecule has 0 bridgehead atoms. The van der Waals surface area contributed by atoms with E-state index in [0.717, 1.165) is 11.4 Å². The van der Waals surface area contributed by atoms with E-state index < -0.39 is 11.5 Å². The number of amides is 1. The van der Waals surface area contributed by atoms with Crippen LogP contribution in [0.1, 0.15) is 44.3 Å². The van der Waals surface area contributed by atoms with Crippen molar-refractivity contribution in [2.45, 2.75) is 32.9 Å². The van der Waals surface area contributed by atoms with Crippen molar-refractivity contribution in [2.75, 3.05) is 17.3 Å². The fourth-order valence-corrected chi connectivity index (χ4v) is 5.25. The van der Waals surface area contributed by atoms with Crippen LogP contribution in [0.4, 0.5) is 11.4 Å². The molecule has 5 rings (SSSR count). The van der Waals surface area contributed by atoms with Gasteiger partial charge in [-0.15, -0.1) is 0 Å². The van der Waals surface area contributed by atoms with Gasteiger partial charge in [0.2, 0.25) is 5.91 Å². The third-order valence-electron chi connectivity index (χ3n) is 6.63. The van der Waals surface area contributed by atoms with E-state index in [1.54, 1.807) is 19.4 Å². The van der Waals surface area contributed by atoms with Crippen molar-refractivity contribution >= 4 is 57.8 Å². The smallest absolute Gasteiger partial charge is 0.229 e. The summed E-state index contributed by atoms with van der Waals surface area (Å²) in [6, 6.07) is 19.8. The second-order valence-corrected chi connectivity index (χ2v) is 11.6. The van der Waals surface area contributed by atoms with Crippen LogP contribution >= 0.6 is 35.4 Å². The number of carbonyl (C=O) groups excluding carboxylic acids is 1. The Labute approximate surface area is 248 Å². The maximum atomic E-state index is 12.7. The van der Waals surface area contributed by atoms with E-state index in [-0.39, 0.29) is 11.9 Å². The molecule has 3 heterocycles. The monoisotopic (exact) mass is 594 g/mol. The number of hydrogen-bond acceptors (Lipinski definition) is 5. The molecule has 0 spiro atoms. The second kappa shape index (κ2) is 11.1. The predicted octanol–water partition coefficient (Wildman–Crippen LogP) is 7.82. The highest BCUT2D eigenvalue weighted by molar-refractivity contribution is 7.80. The molecule has 0 saturated carbocycles. The zero-order valence-corrected chi connectivity index (χ0v) is 24.7. The first kappa shape index (κ1) is 28.0. The summed E-state index contributed by atoms with van der Waals surface area (Å²) in [6.07, 6.45) is 1.74. The van der Waals surface area contributed by atoms with Gasteiger partial charge in [0.25, 0.3) is 0 Å². The van der Waals surface area contributed by atoms with E-state index >= 15 is 0 Å². The van der Waals surface area contributed by atoms with Crippen LogP contribution in [0.5, 0.6) is 5.75 Å². The number of methoxy groups -OCH3 is 1. The van der Waals surface area contributed by atoms with E-state index in [1.807, 2.05) is 86.3 Å². The molecule has 40 heavy (non-hydrogen) atoms. The van der Waals surface area contributed by atoms with Gasteiger partial charge in [-0.05, 0) is 60.7 Å². The third-order valence-corrected chi connectivity index (χ3v) is 7.76. The topological polar surface area (TPSA) is 79.6 Å². The number of rotatable bonds is 6. The lowest BCUT2D eigenvalue weighted by atomic mass is 9.95. The number of pyridine rings is 1. The number of halogens is 2. The molecule has 0 unspecified atom stereocenters. The first-order chi connectivity index (χ1) is 19.1. The number of nitrogens with one attached hydrogen (secondary N) is 2. The molecule has 1 fully saturated rings. The van der Waals surface area contributed by atoms with Crippen LogP contribution in [0.2, 0.25) is 10.0 Å². The number of ether oxygens (including phenoxy) is 1. The van der Waals surface area contributed by atoms with Crippen molar-refractivity contribution < 1.29 is 13.9 Å². The Morgan fingerprint density at radius 2 is 1.90 bits per heavy atom. The van der Waals surface area contributed by atoms with E-state index in [4.69, 9.17) is 44.6 Å². The van der Waals surface area contributed by atoms with E-state index in [0.29, 0.717) is 43.7 Å². The van der Waals surface area contributed by atoms with E-state index in [9.17, 15) is 4.79 Å². The van der Waals surface area contributed by atoms with Crippen LogP contribution in [0.25, 0.3) is 11.3 Å². The molecule has 2 N–H and O–H groups in total. The molecule has 1 saturated heterocycles. The van der Waals surface area contributed by atoms with Gasteiger partial charge in [0.15, 0.2) is 5.11 Å². The largest absolute Gasteiger partial charge is 0.494 e. The zero-order chi connectivity index (χ0) is 28.6. The molecule has 1 amide bonds. The lowest BCUT2D eigenvalue weighted by molar-refractivity contribution is -0.123. The Balaban J connectivity index is 1.57. The average molecular weight is 596 g/mol. The molecule has 2 aromatic carbocycles. The van der Waals surface area contributed by atoms with Crippen LogP contribution in [0.3, 0.4) is 0 Å². The van der Waals surface area contributed by atoms with Gasteiger partial charge in [-0.2, -0.15) is 0 Å². The molecule has 2 aromatic heterocycles. The van der Waals surface area contributed by atoms with Gasteiger partial charge in [-0.1, -0.05) is 56.1 Å². The lowest BCUT2D eigenvalue weighted by Gasteiger charge is -2.27. The summed E-state index contributed by atoms with van der Waals surface area (Å²) in [4.78, 5) is 19.2. The van der Waals surface area contributed by atoms with Crippen molar-refractivity contribution in [3.8, 4) is 17.1 Å². The molecule has 10 heteroatoms. The number of thiocarbonyl (C=S) groups is 1. The molecule has 0 aliphatic carbocycles. The quantitative estimate of drug-likeness (QED) is 0.220. The number of carbonyl (C=O) groups is 1. The van der Waals surface area contributed by atoms with E-state index in [2.05, 4.69) is 15.6 Å². The predicted molar refractivity (Wildman–Crippen MR) is 163 cm³/mol. The number of furan rings is 1.